The Kier molecular flexibility index (Phi) is 16.2. The van der Waals surface area contributed by atoms with Crippen LogP contribution in [0.4, 0.5) is 0 Å². The molecule has 0 fully saturated rings. The van der Waals surface area contributed by atoms with Crippen molar-refractivity contribution in [3.63, 3.8) is 0 Å². The third-order valence-corrected chi connectivity index (χ3v) is 0.516. The Hall–Kier alpha value is 1.08. The van der Waals surface area contributed by atoms with E-state index < -0.39 is 0 Å². The Morgan fingerprint density at radius 2 is 1.50 bits per heavy atom. The standard InChI is InChI=1S/C6H10N.K/c1-3-5-7-6-4-2;/h3-4H,1-2,5-6H2;/q-1;+1. The van der Waals surface area contributed by atoms with Gasteiger partial charge >= 0.3 is 51.4 Å². The summed E-state index contributed by atoms with van der Waals surface area (Å²) in [5.41, 5.74) is 0. The van der Waals surface area contributed by atoms with Gasteiger partial charge in [0.2, 0.25) is 0 Å². The van der Waals surface area contributed by atoms with E-state index in [-0.39, 0.29) is 51.4 Å². The first-order valence-corrected chi connectivity index (χ1v) is 2.27. The molecule has 0 aromatic rings. The summed E-state index contributed by atoms with van der Waals surface area (Å²) in [6, 6.07) is 0. The molecule has 0 spiro atoms. The fourth-order valence-electron chi connectivity index (χ4n) is 0.257. The molecule has 0 aliphatic heterocycles. The first-order valence-electron chi connectivity index (χ1n) is 2.27. The van der Waals surface area contributed by atoms with Gasteiger partial charge < -0.3 is 5.32 Å². The van der Waals surface area contributed by atoms with Crippen molar-refractivity contribution in [2.45, 2.75) is 0 Å². The normalized spacial score (nSPS) is 7.00. The summed E-state index contributed by atoms with van der Waals surface area (Å²) < 4.78 is 0. The van der Waals surface area contributed by atoms with E-state index >= 15 is 0 Å². The molecule has 0 aliphatic rings. The van der Waals surface area contributed by atoms with Gasteiger partial charge in [-0.15, -0.1) is 38.4 Å². The Labute approximate surface area is 93.7 Å². The molecule has 0 aliphatic carbocycles. The van der Waals surface area contributed by atoms with Gasteiger partial charge in [-0.05, 0) is 0 Å². The number of hydrogen-bond acceptors (Lipinski definition) is 0. The Balaban J connectivity index is 0. The van der Waals surface area contributed by atoms with Crippen LogP contribution in [0, 0.1) is 0 Å². The number of rotatable bonds is 4. The molecule has 0 amide bonds. The summed E-state index contributed by atoms with van der Waals surface area (Å²) >= 11 is 0. The van der Waals surface area contributed by atoms with E-state index in [1.54, 1.807) is 12.2 Å². The maximum atomic E-state index is 3.97. The van der Waals surface area contributed by atoms with Crippen molar-refractivity contribution in [1.82, 2.24) is 0 Å². The maximum absolute atomic E-state index is 3.97. The van der Waals surface area contributed by atoms with Crippen molar-refractivity contribution in [1.29, 1.82) is 0 Å². The summed E-state index contributed by atoms with van der Waals surface area (Å²) in [6.45, 7) is 8.49. The van der Waals surface area contributed by atoms with Crippen molar-refractivity contribution in [3.8, 4) is 0 Å². The second-order valence-corrected chi connectivity index (χ2v) is 1.17. The van der Waals surface area contributed by atoms with Crippen LogP contribution in [0.15, 0.2) is 25.3 Å². The summed E-state index contributed by atoms with van der Waals surface area (Å²) in [7, 11) is 0. The fraction of sp³-hybridized carbons (Fsp3) is 0.333. The smallest absolute Gasteiger partial charge is 0.656 e. The quantitative estimate of drug-likeness (QED) is 0.259. The molecular formula is C6H10KN. The van der Waals surface area contributed by atoms with Gasteiger partial charge in [0.25, 0.3) is 0 Å². The Morgan fingerprint density at radius 1 is 1.12 bits per heavy atom. The largest absolute Gasteiger partial charge is 1.00 e. The third kappa shape index (κ3) is 10.1. The zero-order valence-electron chi connectivity index (χ0n) is 5.43. The van der Waals surface area contributed by atoms with E-state index in [0.29, 0.717) is 0 Å². The molecule has 8 heavy (non-hydrogen) atoms. The molecule has 0 rings (SSSR count). The van der Waals surface area contributed by atoms with E-state index in [4.69, 9.17) is 0 Å². The van der Waals surface area contributed by atoms with E-state index in [1.165, 1.54) is 0 Å². The van der Waals surface area contributed by atoms with Crippen LogP contribution in [0.2, 0.25) is 0 Å². The molecule has 0 aromatic carbocycles. The second-order valence-electron chi connectivity index (χ2n) is 1.17. The predicted octanol–water partition coefficient (Wildman–Crippen LogP) is -1.26. The molecule has 0 N–H and O–H groups in total. The molecule has 0 saturated carbocycles. The van der Waals surface area contributed by atoms with Crippen LogP contribution in [0.5, 0.6) is 0 Å². The van der Waals surface area contributed by atoms with E-state index in [2.05, 4.69) is 18.5 Å². The number of nitrogens with zero attached hydrogens (tertiary/aromatic N) is 1. The summed E-state index contributed by atoms with van der Waals surface area (Å²) in [4.78, 5) is 0. The third-order valence-electron chi connectivity index (χ3n) is 0.516. The second kappa shape index (κ2) is 11.0. The maximum Gasteiger partial charge on any atom is 1.00 e. The van der Waals surface area contributed by atoms with Crippen LogP contribution in [0.1, 0.15) is 0 Å². The van der Waals surface area contributed by atoms with Crippen LogP contribution in [-0.2, 0) is 0 Å². The summed E-state index contributed by atoms with van der Waals surface area (Å²) in [6.07, 6.45) is 3.53. The van der Waals surface area contributed by atoms with Gasteiger partial charge in [0.15, 0.2) is 0 Å². The zero-order chi connectivity index (χ0) is 5.54. The minimum absolute atomic E-state index is 0. The topological polar surface area (TPSA) is 14.1 Å². The number of hydrogen-bond donors (Lipinski definition) is 0. The first kappa shape index (κ1) is 11.8. The van der Waals surface area contributed by atoms with E-state index in [1.807, 2.05) is 0 Å². The monoisotopic (exact) mass is 135 g/mol. The molecule has 2 heteroatoms. The molecule has 1 nitrogen and oxygen atoms in total. The van der Waals surface area contributed by atoms with Gasteiger partial charge in [-0.1, -0.05) is 0 Å². The van der Waals surface area contributed by atoms with E-state index in [9.17, 15) is 0 Å². The van der Waals surface area contributed by atoms with Crippen molar-refractivity contribution in [2.24, 2.45) is 0 Å². The molecule has 0 radical (unpaired) electrons. The molecule has 0 atom stereocenters. The summed E-state index contributed by atoms with van der Waals surface area (Å²) in [5, 5.41) is 3.97. The van der Waals surface area contributed by atoms with Crippen LogP contribution < -0.4 is 51.4 Å². The molecule has 0 unspecified atom stereocenters. The average molecular weight is 135 g/mol. The van der Waals surface area contributed by atoms with Gasteiger partial charge in [0.1, 0.15) is 0 Å². The first-order chi connectivity index (χ1) is 3.41. The van der Waals surface area contributed by atoms with Gasteiger partial charge in [-0.3, -0.25) is 0 Å². The molecule has 0 aromatic heterocycles. The van der Waals surface area contributed by atoms with Gasteiger partial charge in [0.05, 0.1) is 0 Å². The van der Waals surface area contributed by atoms with Gasteiger partial charge in [0, 0.05) is 0 Å². The predicted molar refractivity (Wildman–Crippen MR) is 33.5 cm³/mol. The minimum Gasteiger partial charge on any atom is -0.656 e. The van der Waals surface area contributed by atoms with E-state index in [0.717, 1.165) is 13.1 Å². The molecule has 0 saturated heterocycles. The van der Waals surface area contributed by atoms with Crippen LogP contribution in [0.3, 0.4) is 0 Å². The van der Waals surface area contributed by atoms with Crippen molar-refractivity contribution < 1.29 is 51.4 Å². The van der Waals surface area contributed by atoms with Crippen LogP contribution in [-0.4, -0.2) is 13.1 Å². The van der Waals surface area contributed by atoms with Crippen LogP contribution >= 0.6 is 0 Å². The minimum atomic E-state index is 0. The van der Waals surface area contributed by atoms with Gasteiger partial charge in [-0.2, -0.15) is 0 Å². The average Bonchev–Trinajstić information content (AvgIpc) is 1.69. The molecule has 0 bridgehead atoms. The Morgan fingerprint density at radius 3 is 1.75 bits per heavy atom. The van der Waals surface area contributed by atoms with Crippen LogP contribution in [0.25, 0.3) is 5.32 Å². The van der Waals surface area contributed by atoms with Crippen molar-refractivity contribution >= 4 is 0 Å². The SMILES string of the molecule is C=CC[N-]CC=C.[K+]. The molecule has 40 valence electrons. The molecule has 0 heterocycles. The van der Waals surface area contributed by atoms with Crippen molar-refractivity contribution in [2.75, 3.05) is 13.1 Å². The van der Waals surface area contributed by atoms with Crippen molar-refractivity contribution in [3.05, 3.63) is 30.6 Å². The zero-order valence-corrected chi connectivity index (χ0v) is 8.55. The summed E-state index contributed by atoms with van der Waals surface area (Å²) in [5.74, 6) is 0. The fourth-order valence-corrected chi connectivity index (χ4v) is 0.257. The molecular weight excluding hydrogens is 125 g/mol. The Bertz CT molecular complexity index is 53.5. The van der Waals surface area contributed by atoms with Gasteiger partial charge in [-0.25, -0.2) is 0 Å².